The molecular weight excluding hydrogens is 200 g/mol. The van der Waals surface area contributed by atoms with Crippen LogP contribution in [0.5, 0.6) is 0 Å². The molecule has 0 spiro atoms. The van der Waals surface area contributed by atoms with Gasteiger partial charge in [-0.1, -0.05) is 13.8 Å². The minimum atomic E-state index is 0.986. The van der Waals surface area contributed by atoms with Crippen LogP contribution in [-0.4, -0.2) is 34.8 Å². The first kappa shape index (κ1) is 13.0. The number of aryl methyl sites for hydroxylation is 2. The maximum Gasteiger partial charge on any atom is 0.128 e. The van der Waals surface area contributed by atoms with E-state index in [1.807, 2.05) is 18.8 Å². The minimum Gasteiger partial charge on any atom is -0.373 e. The van der Waals surface area contributed by atoms with Crippen molar-refractivity contribution in [3.05, 3.63) is 11.3 Å². The van der Waals surface area contributed by atoms with Gasteiger partial charge in [0.2, 0.25) is 0 Å². The Balaban J connectivity index is 2.86. The zero-order valence-corrected chi connectivity index (χ0v) is 11.2. The van der Waals surface area contributed by atoms with Crippen LogP contribution in [0.4, 0.5) is 5.82 Å². The molecule has 16 heavy (non-hydrogen) atoms. The molecule has 0 saturated carbocycles. The summed E-state index contributed by atoms with van der Waals surface area (Å²) in [4.78, 5) is 2.45. The van der Waals surface area contributed by atoms with Crippen LogP contribution in [0.3, 0.4) is 0 Å². The maximum absolute atomic E-state index is 4.46. The fourth-order valence-corrected chi connectivity index (χ4v) is 2.09. The van der Waals surface area contributed by atoms with Crippen molar-refractivity contribution in [3.8, 4) is 0 Å². The Labute approximate surface area is 98.6 Å². The molecule has 1 N–H and O–H groups in total. The van der Waals surface area contributed by atoms with E-state index in [0.29, 0.717) is 0 Å². The van der Waals surface area contributed by atoms with Gasteiger partial charge < -0.3 is 5.32 Å². The molecule has 0 radical (unpaired) electrons. The molecule has 1 aromatic rings. The summed E-state index contributed by atoms with van der Waals surface area (Å²) in [7, 11) is 3.94. The Kier molecular flexibility index (Phi) is 4.80. The Morgan fingerprint density at radius 1 is 1.38 bits per heavy atom. The number of nitrogens with zero attached hydrogens (tertiary/aromatic N) is 3. The van der Waals surface area contributed by atoms with Crippen molar-refractivity contribution in [2.24, 2.45) is 7.05 Å². The number of hydrogen-bond donors (Lipinski definition) is 1. The van der Waals surface area contributed by atoms with Crippen LogP contribution in [0.25, 0.3) is 0 Å². The fraction of sp³-hybridized carbons (Fsp3) is 0.750. The topological polar surface area (TPSA) is 33.1 Å². The quantitative estimate of drug-likeness (QED) is 0.802. The van der Waals surface area contributed by atoms with Crippen LogP contribution < -0.4 is 5.32 Å². The second-order valence-corrected chi connectivity index (χ2v) is 4.15. The van der Waals surface area contributed by atoms with Gasteiger partial charge >= 0.3 is 0 Å². The van der Waals surface area contributed by atoms with Crippen LogP contribution >= 0.6 is 0 Å². The second-order valence-electron chi connectivity index (χ2n) is 4.15. The van der Waals surface area contributed by atoms with E-state index >= 15 is 0 Å². The molecule has 0 saturated heterocycles. The Bertz CT molecular complexity index is 330. The van der Waals surface area contributed by atoms with E-state index in [1.54, 1.807) is 0 Å². The van der Waals surface area contributed by atoms with Crippen molar-refractivity contribution in [3.63, 3.8) is 0 Å². The normalized spacial score (nSPS) is 11.1. The smallest absolute Gasteiger partial charge is 0.128 e. The minimum absolute atomic E-state index is 0.986. The van der Waals surface area contributed by atoms with E-state index < -0.39 is 0 Å². The van der Waals surface area contributed by atoms with Gasteiger partial charge in [-0.25, -0.2) is 0 Å². The number of nitrogens with one attached hydrogen (secondary N) is 1. The van der Waals surface area contributed by atoms with Crippen molar-refractivity contribution in [2.45, 2.75) is 33.7 Å². The van der Waals surface area contributed by atoms with E-state index in [-0.39, 0.29) is 0 Å². The lowest BCUT2D eigenvalue weighted by Gasteiger charge is -2.20. The third kappa shape index (κ3) is 2.76. The molecule has 0 bridgehead atoms. The molecule has 0 fully saturated rings. The molecule has 92 valence electrons. The molecule has 0 unspecified atom stereocenters. The summed E-state index contributed by atoms with van der Waals surface area (Å²) in [5.74, 6) is 1.13. The molecule has 1 rings (SSSR count). The molecule has 4 nitrogen and oxygen atoms in total. The summed E-state index contributed by atoms with van der Waals surface area (Å²) in [6, 6.07) is 0. The summed E-state index contributed by atoms with van der Waals surface area (Å²) in [5, 5.41) is 7.69. The molecule has 1 aromatic heterocycles. The number of anilines is 1. The summed E-state index contributed by atoms with van der Waals surface area (Å²) in [6.07, 6.45) is 1.20. The van der Waals surface area contributed by atoms with Crippen molar-refractivity contribution in [1.82, 2.24) is 14.7 Å². The summed E-state index contributed by atoms with van der Waals surface area (Å²) >= 11 is 0. The van der Waals surface area contributed by atoms with Gasteiger partial charge in [-0.3, -0.25) is 9.58 Å². The van der Waals surface area contributed by atoms with Gasteiger partial charge in [0, 0.05) is 26.2 Å². The number of hydrogen-bond acceptors (Lipinski definition) is 3. The van der Waals surface area contributed by atoms with Gasteiger partial charge in [-0.15, -0.1) is 0 Å². The van der Waals surface area contributed by atoms with E-state index in [1.165, 1.54) is 12.0 Å². The molecular formula is C12H24N4. The van der Waals surface area contributed by atoms with Crippen LogP contribution in [0.15, 0.2) is 0 Å². The molecule has 0 aliphatic rings. The first-order chi connectivity index (χ1) is 7.63. The lowest BCUT2D eigenvalue weighted by Crippen LogP contribution is -2.24. The molecule has 0 aliphatic heterocycles. The Morgan fingerprint density at radius 3 is 2.56 bits per heavy atom. The van der Waals surface area contributed by atoms with Gasteiger partial charge in [-0.05, 0) is 26.4 Å². The van der Waals surface area contributed by atoms with Crippen LogP contribution in [0, 0.1) is 6.92 Å². The third-order valence-corrected chi connectivity index (χ3v) is 2.95. The van der Waals surface area contributed by atoms with Crippen molar-refractivity contribution >= 4 is 5.82 Å². The van der Waals surface area contributed by atoms with Crippen molar-refractivity contribution < 1.29 is 0 Å². The molecule has 0 aromatic carbocycles. The highest BCUT2D eigenvalue weighted by Crippen LogP contribution is 2.20. The predicted octanol–water partition coefficient (Wildman–Crippen LogP) is 2.00. The van der Waals surface area contributed by atoms with Crippen LogP contribution in [0.2, 0.25) is 0 Å². The van der Waals surface area contributed by atoms with E-state index in [0.717, 1.165) is 31.1 Å². The van der Waals surface area contributed by atoms with Gasteiger partial charge in [0.15, 0.2) is 0 Å². The average Bonchev–Trinajstić information content (AvgIpc) is 2.52. The first-order valence-electron chi connectivity index (χ1n) is 6.06. The average molecular weight is 224 g/mol. The van der Waals surface area contributed by atoms with Crippen molar-refractivity contribution in [1.29, 1.82) is 0 Å². The molecule has 0 amide bonds. The molecule has 0 aliphatic carbocycles. The SMILES string of the molecule is CCCN(CC)Cc1c(C)nn(C)c1NC. The van der Waals surface area contributed by atoms with E-state index in [4.69, 9.17) is 0 Å². The second kappa shape index (κ2) is 5.89. The number of rotatable bonds is 6. The summed E-state index contributed by atoms with van der Waals surface area (Å²) in [5.41, 5.74) is 2.45. The fourth-order valence-electron chi connectivity index (χ4n) is 2.09. The maximum atomic E-state index is 4.46. The monoisotopic (exact) mass is 224 g/mol. The Morgan fingerprint density at radius 2 is 2.06 bits per heavy atom. The van der Waals surface area contributed by atoms with Gasteiger partial charge in [0.1, 0.15) is 5.82 Å². The lowest BCUT2D eigenvalue weighted by atomic mass is 10.2. The van der Waals surface area contributed by atoms with Gasteiger partial charge in [-0.2, -0.15) is 5.10 Å². The lowest BCUT2D eigenvalue weighted by molar-refractivity contribution is 0.280. The van der Waals surface area contributed by atoms with E-state index in [9.17, 15) is 0 Å². The summed E-state index contributed by atoms with van der Waals surface area (Å²) < 4.78 is 1.92. The zero-order valence-electron chi connectivity index (χ0n) is 11.2. The van der Waals surface area contributed by atoms with Crippen LogP contribution in [-0.2, 0) is 13.6 Å². The highest BCUT2D eigenvalue weighted by molar-refractivity contribution is 5.46. The highest BCUT2D eigenvalue weighted by Gasteiger charge is 2.14. The molecule has 4 heteroatoms. The molecule has 1 heterocycles. The highest BCUT2D eigenvalue weighted by atomic mass is 15.3. The Hall–Kier alpha value is -1.03. The standard InChI is InChI=1S/C12H24N4/c1-6-8-16(7-2)9-11-10(3)14-15(5)12(11)13-4/h13H,6-9H2,1-5H3. The largest absolute Gasteiger partial charge is 0.373 e. The first-order valence-corrected chi connectivity index (χ1v) is 6.06. The van der Waals surface area contributed by atoms with Gasteiger partial charge in [0.25, 0.3) is 0 Å². The van der Waals surface area contributed by atoms with Crippen LogP contribution in [0.1, 0.15) is 31.5 Å². The van der Waals surface area contributed by atoms with E-state index in [2.05, 4.69) is 36.1 Å². The van der Waals surface area contributed by atoms with Crippen molar-refractivity contribution in [2.75, 3.05) is 25.5 Å². The molecule has 0 atom stereocenters. The predicted molar refractivity (Wildman–Crippen MR) is 68.7 cm³/mol. The third-order valence-electron chi connectivity index (χ3n) is 2.95. The van der Waals surface area contributed by atoms with Gasteiger partial charge in [0.05, 0.1) is 5.69 Å². The summed E-state index contributed by atoms with van der Waals surface area (Å²) in [6.45, 7) is 9.73. The number of aromatic nitrogens is 2. The zero-order chi connectivity index (χ0) is 12.1.